The molecule has 23 heavy (non-hydrogen) atoms. The molecule has 2 rings (SSSR count). The van der Waals surface area contributed by atoms with Gasteiger partial charge in [0, 0.05) is 19.2 Å². The minimum Gasteiger partial charge on any atom is -0.405 e. The third-order valence-electron chi connectivity index (χ3n) is 3.56. The molecule has 1 heterocycles. The molecule has 128 valence electrons. The van der Waals surface area contributed by atoms with Crippen molar-refractivity contribution in [2.24, 2.45) is 5.92 Å². The molecule has 0 saturated carbocycles. The van der Waals surface area contributed by atoms with E-state index in [0.29, 0.717) is 0 Å². The minimum atomic E-state index is -4.82. The number of para-hydroxylation sites is 1. The lowest BCUT2D eigenvalue weighted by molar-refractivity contribution is -0.275. The van der Waals surface area contributed by atoms with Crippen molar-refractivity contribution < 1.29 is 31.1 Å². The molecule has 1 aromatic rings. The molecule has 0 aromatic heterocycles. The zero-order valence-corrected chi connectivity index (χ0v) is 13.2. The number of sulfone groups is 1. The van der Waals surface area contributed by atoms with Crippen LogP contribution in [0.5, 0.6) is 5.75 Å². The van der Waals surface area contributed by atoms with Gasteiger partial charge in [-0.15, -0.1) is 13.2 Å². The van der Waals surface area contributed by atoms with Crippen molar-refractivity contribution in [3.05, 3.63) is 29.8 Å². The molecule has 0 radical (unpaired) electrons. The summed E-state index contributed by atoms with van der Waals surface area (Å²) >= 11 is 0. The topological polar surface area (TPSA) is 63.7 Å². The summed E-state index contributed by atoms with van der Waals surface area (Å²) < 4.78 is 63.9. The van der Waals surface area contributed by atoms with Crippen molar-refractivity contribution in [2.75, 3.05) is 18.6 Å². The molecule has 0 bridgehead atoms. The van der Waals surface area contributed by atoms with Gasteiger partial charge in [-0.3, -0.25) is 4.79 Å². The van der Waals surface area contributed by atoms with Crippen molar-refractivity contribution in [3.8, 4) is 5.75 Å². The Morgan fingerprint density at radius 3 is 2.57 bits per heavy atom. The van der Waals surface area contributed by atoms with E-state index in [0.717, 1.165) is 0 Å². The van der Waals surface area contributed by atoms with E-state index in [1.54, 1.807) is 0 Å². The van der Waals surface area contributed by atoms with Crippen LogP contribution >= 0.6 is 0 Å². The van der Waals surface area contributed by atoms with Gasteiger partial charge >= 0.3 is 6.36 Å². The molecule has 1 aromatic carbocycles. The summed E-state index contributed by atoms with van der Waals surface area (Å²) in [6, 6.07) is 5.53. The lowest BCUT2D eigenvalue weighted by Gasteiger charge is -2.22. The molecule has 9 heteroatoms. The molecular formula is C14H16F3NO4S. The predicted molar refractivity (Wildman–Crippen MR) is 76.4 cm³/mol. The number of carbonyl (C=O) groups is 1. The summed E-state index contributed by atoms with van der Waals surface area (Å²) in [5.41, 5.74) is 0.196. The van der Waals surface area contributed by atoms with E-state index in [-0.39, 0.29) is 35.8 Å². The quantitative estimate of drug-likeness (QED) is 0.832. The number of carbonyl (C=O) groups excluding carboxylic acids is 1. The first-order valence-corrected chi connectivity index (χ1v) is 8.68. The van der Waals surface area contributed by atoms with Crippen LogP contribution in [0.3, 0.4) is 0 Å². The van der Waals surface area contributed by atoms with Gasteiger partial charge in [0.25, 0.3) is 0 Å². The van der Waals surface area contributed by atoms with Gasteiger partial charge in [0.1, 0.15) is 5.75 Å². The summed E-state index contributed by atoms with van der Waals surface area (Å²) in [4.78, 5) is 13.5. The van der Waals surface area contributed by atoms with E-state index >= 15 is 0 Å². The number of alkyl halides is 3. The van der Waals surface area contributed by atoms with Crippen molar-refractivity contribution in [3.63, 3.8) is 0 Å². The lowest BCUT2D eigenvalue weighted by atomic mass is 10.1. The third kappa shape index (κ3) is 4.85. The SMILES string of the molecule is CN(Cc1ccccc1OC(F)(F)F)C(=O)C1CCS(=O)(=O)C1. The van der Waals surface area contributed by atoms with E-state index in [9.17, 15) is 26.4 Å². The maximum Gasteiger partial charge on any atom is 0.573 e. The highest BCUT2D eigenvalue weighted by Gasteiger charge is 2.35. The normalized spacial score (nSPS) is 20.3. The highest BCUT2D eigenvalue weighted by atomic mass is 32.2. The maximum absolute atomic E-state index is 12.4. The monoisotopic (exact) mass is 351 g/mol. The second kappa shape index (κ2) is 6.38. The molecule has 1 unspecified atom stereocenters. The molecule has 0 spiro atoms. The first-order valence-electron chi connectivity index (χ1n) is 6.86. The molecule has 1 amide bonds. The molecular weight excluding hydrogens is 335 g/mol. The van der Waals surface area contributed by atoms with E-state index in [1.807, 2.05) is 0 Å². The van der Waals surface area contributed by atoms with Crippen molar-refractivity contribution >= 4 is 15.7 Å². The fourth-order valence-electron chi connectivity index (χ4n) is 2.49. The smallest absolute Gasteiger partial charge is 0.405 e. The molecule has 1 aliphatic rings. The third-order valence-corrected chi connectivity index (χ3v) is 5.33. The largest absolute Gasteiger partial charge is 0.573 e. The number of hydrogen-bond donors (Lipinski definition) is 0. The van der Waals surface area contributed by atoms with Gasteiger partial charge in [-0.25, -0.2) is 8.42 Å². The van der Waals surface area contributed by atoms with Crippen molar-refractivity contribution in [1.29, 1.82) is 0 Å². The first kappa shape index (κ1) is 17.6. The van der Waals surface area contributed by atoms with E-state index < -0.39 is 28.0 Å². The van der Waals surface area contributed by atoms with Gasteiger partial charge in [-0.1, -0.05) is 18.2 Å². The lowest BCUT2D eigenvalue weighted by Crippen LogP contribution is -2.33. The first-order chi connectivity index (χ1) is 10.6. The molecule has 0 N–H and O–H groups in total. The highest BCUT2D eigenvalue weighted by molar-refractivity contribution is 7.91. The Labute approximate surface area is 132 Å². The van der Waals surface area contributed by atoms with Crippen LogP contribution in [0, 0.1) is 5.92 Å². The van der Waals surface area contributed by atoms with Crippen LogP contribution in [0.25, 0.3) is 0 Å². The number of hydrogen-bond acceptors (Lipinski definition) is 4. The van der Waals surface area contributed by atoms with Gasteiger partial charge in [0.15, 0.2) is 9.84 Å². The summed E-state index contributed by atoms with van der Waals surface area (Å²) in [6.45, 7) is -0.0956. The second-order valence-electron chi connectivity index (χ2n) is 5.45. The van der Waals surface area contributed by atoms with Crippen LogP contribution in [0.4, 0.5) is 13.2 Å². The number of nitrogens with zero attached hydrogens (tertiary/aromatic N) is 1. The minimum absolute atomic E-state index is 0.0367. The van der Waals surface area contributed by atoms with Crippen LogP contribution in [-0.4, -0.2) is 44.1 Å². The fourth-order valence-corrected chi connectivity index (χ4v) is 4.23. The number of ether oxygens (including phenoxy) is 1. The maximum atomic E-state index is 12.4. The summed E-state index contributed by atoms with van der Waals surface area (Å²) in [5, 5.41) is 0. The Morgan fingerprint density at radius 2 is 2.00 bits per heavy atom. The average molecular weight is 351 g/mol. The fraction of sp³-hybridized carbons (Fsp3) is 0.500. The van der Waals surface area contributed by atoms with Crippen LogP contribution in [0.15, 0.2) is 24.3 Å². The van der Waals surface area contributed by atoms with E-state index in [4.69, 9.17) is 0 Å². The molecule has 1 atom stereocenters. The van der Waals surface area contributed by atoms with Crippen molar-refractivity contribution in [1.82, 2.24) is 4.90 Å². The Hall–Kier alpha value is -1.77. The Bertz CT molecular complexity index is 688. The molecule has 0 aliphatic carbocycles. The summed E-state index contributed by atoms with van der Waals surface area (Å²) in [7, 11) is -1.77. The molecule has 1 saturated heterocycles. The second-order valence-corrected chi connectivity index (χ2v) is 7.68. The highest BCUT2D eigenvalue weighted by Crippen LogP contribution is 2.28. The number of halogens is 3. The van der Waals surface area contributed by atoms with Crippen LogP contribution in [0.1, 0.15) is 12.0 Å². The van der Waals surface area contributed by atoms with Gasteiger partial charge in [-0.2, -0.15) is 0 Å². The zero-order chi connectivity index (χ0) is 17.3. The van der Waals surface area contributed by atoms with Gasteiger partial charge in [0.05, 0.1) is 17.4 Å². The summed E-state index contributed by atoms with van der Waals surface area (Å²) in [6.07, 6.45) is -4.58. The standard InChI is InChI=1S/C14H16F3NO4S/c1-18(13(19)11-6-7-23(20,21)9-11)8-10-4-2-3-5-12(10)22-14(15,16)17/h2-5,11H,6-9H2,1H3. The number of rotatable bonds is 4. The predicted octanol–water partition coefficient (Wildman–Crippen LogP) is 1.98. The molecule has 5 nitrogen and oxygen atoms in total. The van der Waals surface area contributed by atoms with Crippen LogP contribution < -0.4 is 4.74 Å². The van der Waals surface area contributed by atoms with Crippen LogP contribution in [0.2, 0.25) is 0 Å². The van der Waals surface area contributed by atoms with E-state index in [2.05, 4.69) is 4.74 Å². The van der Waals surface area contributed by atoms with Gasteiger partial charge < -0.3 is 9.64 Å². The molecule has 1 aliphatic heterocycles. The molecule has 1 fully saturated rings. The van der Waals surface area contributed by atoms with Gasteiger partial charge in [-0.05, 0) is 12.5 Å². The Morgan fingerprint density at radius 1 is 1.35 bits per heavy atom. The Balaban J connectivity index is 2.08. The van der Waals surface area contributed by atoms with Gasteiger partial charge in [0.2, 0.25) is 5.91 Å². The van der Waals surface area contributed by atoms with E-state index in [1.165, 1.54) is 36.2 Å². The summed E-state index contributed by atoms with van der Waals surface area (Å²) in [5.74, 6) is -1.66. The number of benzene rings is 1. The average Bonchev–Trinajstić information content (AvgIpc) is 2.78. The Kier molecular flexibility index (Phi) is 4.88. The number of amides is 1. The van der Waals surface area contributed by atoms with Crippen molar-refractivity contribution in [2.45, 2.75) is 19.3 Å². The zero-order valence-electron chi connectivity index (χ0n) is 12.3. The van der Waals surface area contributed by atoms with Crippen LogP contribution in [-0.2, 0) is 21.2 Å².